The fourth-order valence-corrected chi connectivity index (χ4v) is 1.46. The minimum absolute atomic E-state index is 0.0209. The third-order valence-corrected chi connectivity index (χ3v) is 2.19. The molecule has 1 aromatic rings. The first-order valence-electron chi connectivity index (χ1n) is 4.19. The Morgan fingerprint density at radius 1 is 1.62 bits per heavy atom. The minimum atomic E-state index is -2.98. The first-order chi connectivity index (χ1) is 7.51. The highest BCUT2D eigenvalue weighted by atomic mass is 35.5. The maximum atomic E-state index is 12.6. The third kappa shape index (κ3) is 2.38. The van der Waals surface area contributed by atoms with Crippen molar-refractivity contribution in [2.75, 3.05) is 7.11 Å². The number of carbonyl (C=O) groups excluding carboxylic acids is 1. The molecule has 0 radical (unpaired) electrons. The van der Waals surface area contributed by atoms with Gasteiger partial charge in [0.2, 0.25) is 5.56 Å². The molecule has 7 heteroatoms. The van der Waals surface area contributed by atoms with Gasteiger partial charge in [0.25, 0.3) is 6.43 Å². The highest BCUT2D eigenvalue weighted by molar-refractivity contribution is 6.17. The van der Waals surface area contributed by atoms with E-state index in [9.17, 15) is 18.4 Å². The van der Waals surface area contributed by atoms with Crippen LogP contribution in [0.15, 0.2) is 10.9 Å². The van der Waals surface area contributed by atoms with Crippen LogP contribution in [-0.4, -0.2) is 18.1 Å². The Kier molecular flexibility index (Phi) is 4.00. The average molecular weight is 252 g/mol. The van der Waals surface area contributed by atoms with Gasteiger partial charge < -0.3 is 9.72 Å². The lowest BCUT2D eigenvalue weighted by Gasteiger charge is -2.10. The average Bonchev–Trinajstić information content (AvgIpc) is 2.26. The summed E-state index contributed by atoms with van der Waals surface area (Å²) in [4.78, 5) is 24.2. The Bertz CT molecular complexity index is 459. The maximum absolute atomic E-state index is 12.6. The number of rotatable bonds is 3. The number of nitrogens with one attached hydrogen (secondary N) is 1. The van der Waals surface area contributed by atoms with Crippen molar-refractivity contribution in [2.24, 2.45) is 0 Å². The Morgan fingerprint density at radius 3 is 2.69 bits per heavy atom. The molecule has 0 unspecified atom stereocenters. The zero-order chi connectivity index (χ0) is 12.3. The largest absolute Gasteiger partial charge is 0.465 e. The standard InChI is InChI=1S/C9H8ClF2NO3/c1-16-9(15)6-4(3-10)2-5(14)13-7(6)8(11)12/h2,8H,3H2,1H3,(H,13,14). The van der Waals surface area contributed by atoms with Gasteiger partial charge in [-0.2, -0.15) is 0 Å². The van der Waals surface area contributed by atoms with Crippen LogP contribution in [0.4, 0.5) is 8.78 Å². The first kappa shape index (κ1) is 12.6. The summed E-state index contributed by atoms with van der Waals surface area (Å²) in [5.41, 5.74) is -1.87. The number of hydrogen-bond acceptors (Lipinski definition) is 3. The second-order valence-corrected chi connectivity index (χ2v) is 3.14. The molecule has 0 amide bonds. The molecule has 0 aliphatic rings. The van der Waals surface area contributed by atoms with Gasteiger partial charge in [-0.15, -0.1) is 11.6 Å². The first-order valence-corrected chi connectivity index (χ1v) is 4.73. The topological polar surface area (TPSA) is 59.2 Å². The number of esters is 1. The third-order valence-electron chi connectivity index (χ3n) is 1.91. The summed E-state index contributed by atoms with van der Waals surface area (Å²) in [5.74, 6) is -1.18. The number of aromatic amines is 1. The van der Waals surface area contributed by atoms with Gasteiger partial charge >= 0.3 is 5.97 Å². The second kappa shape index (κ2) is 5.07. The highest BCUT2D eigenvalue weighted by Gasteiger charge is 2.23. The molecule has 0 saturated heterocycles. The van der Waals surface area contributed by atoms with Crippen molar-refractivity contribution in [3.63, 3.8) is 0 Å². The van der Waals surface area contributed by atoms with Crippen LogP contribution in [0, 0.1) is 0 Å². The summed E-state index contributed by atoms with van der Waals surface area (Å²) >= 11 is 5.48. The molecule has 0 saturated carbocycles. The van der Waals surface area contributed by atoms with Crippen molar-refractivity contribution < 1.29 is 18.3 Å². The van der Waals surface area contributed by atoms with Crippen LogP contribution in [0.25, 0.3) is 0 Å². The number of pyridine rings is 1. The Morgan fingerprint density at radius 2 is 2.25 bits per heavy atom. The maximum Gasteiger partial charge on any atom is 0.340 e. The van der Waals surface area contributed by atoms with Crippen LogP contribution in [0.2, 0.25) is 0 Å². The van der Waals surface area contributed by atoms with Crippen LogP contribution in [-0.2, 0) is 10.6 Å². The number of halogens is 3. The normalized spacial score (nSPS) is 10.6. The number of methoxy groups -OCH3 is 1. The number of H-pyrrole nitrogens is 1. The van der Waals surface area contributed by atoms with E-state index >= 15 is 0 Å². The van der Waals surface area contributed by atoms with Gasteiger partial charge in [0.15, 0.2) is 0 Å². The van der Waals surface area contributed by atoms with Gasteiger partial charge in [-0.1, -0.05) is 0 Å². The summed E-state index contributed by atoms with van der Waals surface area (Å²) in [6.45, 7) is 0. The van der Waals surface area contributed by atoms with E-state index in [1.54, 1.807) is 0 Å². The molecule has 0 aliphatic heterocycles. The molecule has 0 bridgehead atoms. The number of aromatic nitrogens is 1. The molecule has 0 aromatic carbocycles. The van der Waals surface area contributed by atoms with E-state index in [1.807, 2.05) is 4.98 Å². The number of carbonyl (C=O) groups is 1. The number of alkyl halides is 3. The van der Waals surface area contributed by atoms with Gasteiger partial charge in [0, 0.05) is 11.9 Å². The molecule has 0 atom stereocenters. The molecule has 88 valence electrons. The van der Waals surface area contributed by atoms with E-state index in [-0.39, 0.29) is 17.0 Å². The fraction of sp³-hybridized carbons (Fsp3) is 0.333. The molecule has 4 nitrogen and oxygen atoms in total. The number of hydrogen-bond donors (Lipinski definition) is 1. The smallest absolute Gasteiger partial charge is 0.340 e. The summed E-state index contributed by atoms with van der Waals surface area (Å²) in [5, 5.41) is 0. The summed E-state index contributed by atoms with van der Waals surface area (Å²) in [6, 6.07) is 0.991. The monoisotopic (exact) mass is 251 g/mol. The van der Waals surface area contributed by atoms with Crippen LogP contribution >= 0.6 is 11.6 Å². The van der Waals surface area contributed by atoms with Gasteiger partial charge in [0.1, 0.15) is 0 Å². The quantitative estimate of drug-likeness (QED) is 0.659. The summed E-state index contributed by atoms with van der Waals surface area (Å²) in [7, 11) is 1.06. The van der Waals surface area contributed by atoms with Crippen molar-refractivity contribution >= 4 is 17.6 Å². The zero-order valence-corrected chi connectivity index (χ0v) is 8.98. The summed E-state index contributed by atoms with van der Waals surface area (Å²) in [6.07, 6.45) is -2.98. The minimum Gasteiger partial charge on any atom is -0.465 e. The van der Waals surface area contributed by atoms with E-state index in [0.717, 1.165) is 13.2 Å². The highest BCUT2D eigenvalue weighted by Crippen LogP contribution is 2.23. The molecule has 0 spiro atoms. The molecule has 1 heterocycles. The number of ether oxygens (including phenoxy) is 1. The van der Waals surface area contributed by atoms with Crippen molar-refractivity contribution in [3.8, 4) is 0 Å². The zero-order valence-electron chi connectivity index (χ0n) is 8.22. The van der Waals surface area contributed by atoms with Gasteiger partial charge in [-0.25, -0.2) is 13.6 Å². The predicted molar refractivity (Wildman–Crippen MR) is 52.9 cm³/mol. The Labute approximate surface area is 94.2 Å². The van der Waals surface area contributed by atoms with Crippen LogP contribution in [0.1, 0.15) is 28.0 Å². The Balaban J connectivity index is 3.51. The molecular weight excluding hydrogens is 244 g/mol. The van der Waals surface area contributed by atoms with E-state index in [2.05, 4.69) is 4.74 Å². The van der Waals surface area contributed by atoms with E-state index in [1.165, 1.54) is 0 Å². The van der Waals surface area contributed by atoms with Crippen molar-refractivity contribution in [1.29, 1.82) is 0 Å². The van der Waals surface area contributed by atoms with Gasteiger partial charge in [-0.3, -0.25) is 4.79 Å². The lowest BCUT2D eigenvalue weighted by Crippen LogP contribution is -2.18. The molecule has 0 aliphatic carbocycles. The molecule has 16 heavy (non-hydrogen) atoms. The van der Waals surface area contributed by atoms with E-state index < -0.39 is 23.6 Å². The van der Waals surface area contributed by atoms with Crippen molar-refractivity contribution in [3.05, 3.63) is 33.2 Å². The predicted octanol–water partition coefficient (Wildman–Crippen LogP) is 1.84. The molecular formula is C9H8ClF2NO3. The lowest BCUT2D eigenvalue weighted by molar-refractivity contribution is 0.0586. The molecule has 1 N–H and O–H groups in total. The van der Waals surface area contributed by atoms with Crippen LogP contribution in [0.3, 0.4) is 0 Å². The SMILES string of the molecule is COC(=O)c1c(CCl)cc(=O)[nH]c1C(F)F. The summed E-state index contributed by atoms with van der Waals surface area (Å²) < 4.78 is 29.6. The molecule has 0 fully saturated rings. The molecule has 1 rings (SSSR count). The fourth-order valence-electron chi connectivity index (χ4n) is 1.25. The van der Waals surface area contributed by atoms with Gasteiger partial charge in [-0.05, 0) is 5.56 Å². The molecule has 1 aromatic heterocycles. The van der Waals surface area contributed by atoms with Gasteiger partial charge in [0.05, 0.1) is 18.4 Å². The van der Waals surface area contributed by atoms with Crippen LogP contribution in [0.5, 0.6) is 0 Å². The van der Waals surface area contributed by atoms with E-state index in [4.69, 9.17) is 11.6 Å². The lowest BCUT2D eigenvalue weighted by atomic mass is 10.1. The Hall–Kier alpha value is -1.43. The van der Waals surface area contributed by atoms with Crippen LogP contribution < -0.4 is 5.56 Å². The van der Waals surface area contributed by atoms with Crippen molar-refractivity contribution in [2.45, 2.75) is 12.3 Å². The second-order valence-electron chi connectivity index (χ2n) is 2.87. The van der Waals surface area contributed by atoms with E-state index in [0.29, 0.717) is 0 Å². The van der Waals surface area contributed by atoms with Crippen molar-refractivity contribution in [1.82, 2.24) is 4.98 Å².